The van der Waals surface area contributed by atoms with Gasteiger partial charge in [0.2, 0.25) is 0 Å². The molecule has 1 amide bonds. The number of hydrogen-bond donors (Lipinski definition) is 1. The number of hydrogen-bond acceptors (Lipinski definition) is 4. The number of piperazine rings is 1. The van der Waals surface area contributed by atoms with Gasteiger partial charge < -0.3 is 10.0 Å². The van der Waals surface area contributed by atoms with Gasteiger partial charge in [0, 0.05) is 30.9 Å². The average molecular weight is 277 g/mol. The Hall–Kier alpha value is -2.31. The summed E-state index contributed by atoms with van der Waals surface area (Å²) in [5, 5.41) is 19.8. The van der Waals surface area contributed by atoms with Crippen LogP contribution in [0.2, 0.25) is 0 Å². The Morgan fingerprint density at radius 3 is 2.20 bits per heavy atom. The van der Waals surface area contributed by atoms with Crippen molar-refractivity contribution in [2.45, 2.75) is 24.9 Å². The number of rotatable bonds is 2. The summed E-state index contributed by atoms with van der Waals surface area (Å²) < 4.78 is 0. The molecule has 0 saturated carbocycles. The number of fused-ring (bicyclic) bond motifs is 2. The van der Waals surface area contributed by atoms with Crippen LogP contribution in [0.3, 0.4) is 0 Å². The third-order valence-electron chi connectivity index (χ3n) is 4.13. The first kappa shape index (κ1) is 12.7. The predicted octanol–water partition coefficient (Wildman–Crippen LogP) is 1.93. The third-order valence-corrected chi connectivity index (χ3v) is 4.13. The molecule has 0 spiro atoms. The summed E-state index contributed by atoms with van der Waals surface area (Å²) in [7, 11) is 0. The first-order chi connectivity index (χ1) is 9.56. The van der Waals surface area contributed by atoms with Crippen LogP contribution in [0.25, 0.3) is 0 Å². The van der Waals surface area contributed by atoms with Gasteiger partial charge in [-0.05, 0) is 25.0 Å². The van der Waals surface area contributed by atoms with Crippen molar-refractivity contribution in [1.29, 1.82) is 0 Å². The molecule has 2 unspecified atom stereocenters. The highest BCUT2D eigenvalue weighted by Crippen LogP contribution is 2.33. The first-order valence-electron chi connectivity index (χ1n) is 6.57. The number of anilines is 1. The van der Waals surface area contributed by atoms with E-state index in [-0.39, 0.29) is 17.8 Å². The molecule has 1 N–H and O–H groups in total. The zero-order chi connectivity index (χ0) is 14.3. The minimum Gasteiger partial charge on any atom is -0.465 e. The lowest BCUT2D eigenvalue weighted by molar-refractivity contribution is -0.384. The van der Waals surface area contributed by atoms with Crippen LogP contribution in [0.15, 0.2) is 24.3 Å². The highest BCUT2D eigenvalue weighted by atomic mass is 16.6. The van der Waals surface area contributed by atoms with Crippen LogP contribution in [0, 0.1) is 10.1 Å². The van der Waals surface area contributed by atoms with E-state index in [4.69, 9.17) is 0 Å². The van der Waals surface area contributed by atoms with Crippen molar-refractivity contribution in [1.82, 2.24) is 4.90 Å². The van der Waals surface area contributed by atoms with E-state index in [1.54, 1.807) is 17.0 Å². The van der Waals surface area contributed by atoms with Crippen molar-refractivity contribution in [3.63, 3.8) is 0 Å². The fraction of sp³-hybridized carbons (Fsp3) is 0.462. The second-order valence-electron chi connectivity index (χ2n) is 5.25. The number of nitrogens with zero attached hydrogens (tertiary/aromatic N) is 3. The van der Waals surface area contributed by atoms with Crippen molar-refractivity contribution in [3.8, 4) is 0 Å². The van der Waals surface area contributed by atoms with Gasteiger partial charge in [-0.15, -0.1) is 0 Å². The summed E-state index contributed by atoms with van der Waals surface area (Å²) in [5.74, 6) is 0. The van der Waals surface area contributed by atoms with Gasteiger partial charge in [-0.3, -0.25) is 15.0 Å². The van der Waals surface area contributed by atoms with Gasteiger partial charge in [-0.25, -0.2) is 4.79 Å². The Kier molecular flexibility index (Phi) is 2.96. The summed E-state index contributed by atoms with van der Waals surface area (Å²) in [4.78, 5) is 25.1. The fourth-order valence-electron chi connectivity index (χ4n) is 3.21. The zero-order valence-corrected chi connectivity index (χ0v) is 10.8. The van der Waals surface area contributed by atoms with Crippen molar-refractivity contribution < 1.29 is 14.8 Å². The largest absolute Gasteiger partial charge is 0.465 e. The maximum atomic E-state index is 11.2. The highest BCUT2D eigenvalue weighted by Gasteiger charge is 2.42. The minimum absolute atomic E-state index is 0.0291. The van der Waals surface area contributed by atoms with Crippen molar-refractivity contribution in [2.24, 2.45) is 0 Å². The number of nitro groups is 1. The number of carbonyl (C=O) groups is 1. The molecule has 1 aromatic carbocycles. The number of non-ortho nitro benzene ring substituents is 1. The molecule has 0 radical (unpaired) electrons. The van der Waals surface area contributed by atoms with Crippen LogP contribution in [0.5, 0.6) is 0 Å². The quantitative estimate of drug-likeness (QED) is 0.659. The third kappa shape index (κ3) is 2.04. The summed E-state index contributed by atoms with van der Waals surface area (Å²) >= 11 is 0. The number of nitro benzene ring substituents is 1. The molecule has 106 valence electrons. The van der Waals surface area contributed by atoms with E-state index in [1.165, 1.54) is 12.1 Å². The molecule has 2 atom stereocenters. The van der Waals surface area contributed by atoms with E-state index in [9.17, 15) is 20.0 Å². The Labute approximate surface area is 115 Å². The van der Waals surface area contributed by atoms with Crippen LogP contribution < -0.4 is 4.90 Å². The van der Waals surface area contributed by atoms with E-state index < -0.39 is 11.0 Å². The average Bonchev–Trinajstić information content (AvgIpc) is 2.70. The van der Waals surface area contributed by atoms with Gasteiger partial charge in [-0.1, -0.05) is 0 Å². The molecule has 2 bridgehead atoms. The fourth-order valence-corrected chi connectivity index (χ4v) is 3.21. The topological polar surface area (TPSA) is 86.9 Å². The van der Waals surface area contributed by atoms with Crippen molar-refractivity contribution in [3.05, 3.63) is 34.4 Å². The van der Waals surface area contributed by atoms with Gasteiger partial charge in [0.05, 0.1) is 17.0 Å². The van der Waals surface area contributed by atoms with Crippen LogP contribution in [0.1, 0.15) is 12.8 Å². The predicted molar refractivity (Wildman–Crippen MR) is 72.0 cm³/mol. The molecule has 0 aromatic heterocycles. The van der Waals surface area contributed by atoms with Gasteiger partial charge in [0.1, 0.15) is 0 Å². The molecule has 2 fully saturated rings. The highest BCUT2D eigenvalue weighted by molar-refractivity contribution is 5.67. The van der Waals surface area contributed by atoms with Crippen LogP contribution in [0.4, 0.5) is 16.2 Å². The normalized spacial score (nSPS) is 24.8. The van der Waals surface area contributed by atoms with E-state index >= 15 is 0 Å². The smallest absolute Gasteiger partial charge is 0.407 e. The number of carboxylic acid groups (broad SMARTS) is 1. The van der Waals surface area contributed by atoms with Crippen LogP contribution in [-0.2, 0) is 0 Å². The van der Waals surface area contributed by atoms with Gasteiger partial charge in [-0.2, -0.15) is 0 Å². The standard InChI is InChI=1S/C13H15N3O4/c17-13(18)15-11-5-6-12(15)8-14(7-11)9-1-3-10(4-2-9)16(19)20/h1-4,11-12H,5-8H2,(H,17,18). The molecule has 2 aliphatic rings. The molecule has 2 heterocycles. The van der Waals surface area contributed by atoms with E-state index in [2.05, 4.69) is 4.90 Å². The van der Waals surface area contributed by atoms with Crippen molar-refractivity contribution in [2.75, 3.05) is 18.0 Å². The second kappa shape index (κ2) is 4.66. The zero-order valence-electron chi connectivity index (χ0n) is 10.8. The molecule has 0 aliphatic carbocycles. The molecule has 7 heteroatoms. The van der Waals surface area contributed by atoms with Crippen molar-refractivity contribution >= 4 is 17.5 Å². The Morgan fingerprint density at radius 2 is 1.75 bits per heavy atom. The molecule has 20 heavy (non-hydrogen) atoms. The lowest BCUT2D eigenvalue weighted by Crippen LogP contribution is -2.55. The van der Waals surface area contributed by atoms with Crippen LogP contribution >= 0.6 is 0 Å². The summed E-state index contributed by atoms with van der Waals surface area (Å²) in [6.07, 6.45) is 0.932. The summed E-state index contributed by atoms with van der Waals surface area (Å²) in [6.45, 7) is 1.31. The van der Waals surface area contributed by atoms with Gasteiger partial charge in [0.25, 0.3) is 5.69 Å². The van der Waals surface area contributed by atoms with E-state index in [0.717, 1.165) is 18.5 Å². The monoisotopic (exact) mass is 277 g/mol. The molecular weight excluding hydrogens is 262 g/mol. The van der Waals surface area contributed by atoms with Gasteiger partial charge >= 0.3 is 6.09 Å². The number of amides is 1. The maximum absolute atomic E-state index is 11.2. The van der Waals surface area contributed by atoms with E-state index in [0.29, 0.717) is 13.1 Å². The molecule has 1 aromatic rings. The van der Waals surface area contributed by atoms with E-state index in [1.807, 2.05) is 0 Å². The molecular formula is C13H15N3O4. The summed E-state index contributed by atoms with van der Waals surface area (Å²) in [5.41, 5.74) is 0.985. The Morgan fingerprint density at radius 1 is 1.20 bits per heavy atom. The maximum Gasteiger partial charge on any atom is 0.407 e. The Bertz CT molecular complexity index is 531. The first-order valence-corrected chi connectivity index (χ1v) is 6.57. The SMILES string of the molecule is O=C(O)N1C2CCC1CN(c1ccc([N+](=O)[O-])cc1)C2. The number of benzene rings is 1. The van der Waals surface area contributed by atoms with Gasteiger partial charge in [0.15, 0.2) is 0 Å². The molecule has 2 aliphatic heterocycles. The lowest BCUT2D eigenvalue weighted by atomic mass is 10.1. The lowest BCUT2D eigenvalue weighted by Gasteiger charge is -2.40. The minimum atomic E-state index is -0.846. The summed E-state index contributed by atoms with van der Waals surface area (Å²) in [6, 6.07) is 6.49. The molecule has 3 rings (SSSR count). The van der Waals surface area contributed by atoms with Crippen LogP contribution in [-0.4, -0.2) is 46.2 Å². The molecule has 2 saturated heterocycles. The Balaban J connectivity index is 1.77. The molecule has 7 nitrogen and oxygen atoms in total. The second-order valence-corrected chi connectivity index (χ2v) is 5.25.